The van der Waals surface area contributed by atoms with Crippen molar-refractivity contribution < 1.29 is 4.79 Å². The van der Waals surface area contributed by atoms with E-state index in [1.807, 2.05) is 30.3 Å². The van der Waals surface area contributed by atoms with Crippen molar-refractivity contribution in [3.8, 4) is 11.1 Å². The molecule has 2 nitrogen and oxygen atoms in total. The average molecular weight is 558 g/mol. The fraction of sp³-hybridized carbons (Fsp3) is 0. The van der Waals surface area contributed by atoms with Crippen LogP contribution in [0.15, 0.2) is 164 Å². The molecule has 7 aromatic rings. The van der Waals surface area contributed by atoms with Gasteiger partial charge in [0.25, 0.3) is 5.91 Å². The molecule has 0 heterocycles. The molecule has 0 bridgehead atoms. The Morgan fingerprint density at radius 1 is 0.452 bits per heavy atom. The number of rotatable bonds is 6. The number of nitrogens with one attached hydrogen (secondary N) is 1. The number of hydrogen-bond acceptors (Lipinski definition) is 1. The van der Waals surface area contributed by atoms with Gasteiger partial charge in [-0.25, -0.2) is 0 Å². The molecule has 0 saturated carbocycles. The van der Waals surface area contributed by atoms with Gasteiger partial charge in [0, 0.05) is 22.4 Å². The molecular weight excluding hydrogens is 529 g/mol. The maximum atomic E-state index is 13.6. The zero-order chi connectivity index (χ0) is 28.3. The highest BCUT2D eigenvalue weighted by molar-refractivity contribution is 7.80. The molecule has 0 aliphatic carbocycles. The molecule has 1 N–H and O–H groups in total. The van der Waals surface area contributed by atoms with Crippen LogP contribution in [0.4, 0.5) is 5.69 Å². The number of carbonyl (C=O) groups excluding carboxylic acids is 1. The van der Waals surface area contributed by atoms with Crippen LogP contribution >= 0.6 is 7.92 Å². The maximum Gasteiger partial charge on any atom is 0.255 e. The lowest BCUT2D eigenvalue weighted by Crippen LogP contribution is -2.23. The first-order valence-corrected chi connectivity index (χ1v) is 15.4. The van der Waals surface area contributed by atoms with Gasteiger partial charge >= 0.3 is 0 Å². The maximum absolute atomic E-state index is 13.6. The second kappa shape index (κ2) is 11.4. The normalized spacial score (nSPS) is 11.2. The minimum Gasteiger partial charge on any atom is -0.321 e. The zero-order valence-electron chi connectivity index (χ0n) is 22.9. The molecule has 0 aliphatic rings. The van der Waals surface area contributed by atoms with E-state index in [1.54, 1.807) is 0 Å². The molecule has 0 fully saturated rings. The average Bonchev–Trinajstić information content (AvgIpc) is 3.06. The van der Waals surface area contributed by atoms with Crippen LogP contribution in [-0.2, 0) is 0 Å². The van der Waals surface area contributed by atoms with Gasteiger partial charge in [0.15, 0.2) is 0 Å². The summed E-state index contributed by atoms with van der Waals surface area (Å²) < 4.78 is 0. The van der Waals surface area contributed by atoms with Crippen LogP contribution in [-0.4, -0.2) is 5.91 Å². The molecule has 7 aromatic carbocycles. The molecule has 0 atom stereocenters. The summed E-state index contributed by atoms with van der Waals surface area (Å²) in [7, 11) is -0.908. The minimum absolute atomic E-state index is 0.123. The van der Waals surface area contributed by atoms with Crippen molar-refractivity contribution >= 4 is 57.0 Å². The fourth-order valence-corrected chi connectivity index (χ4v) is 8.19. The van der Waals surface area contributed by atoms with E-state index in [0.717, 1.165) is 27.6 Å². The van der Waals surface area contributed by atoms with Crippen molar-refractivity contribution in [1.82, 2.24) is 0 Å². The van der Waals surface area contributed by atoms with Gasteiger partial charge in [-0.1, -0.05) is 146 Å². The first kappa shape index (κ1) is 25.9. The Morgan fingerprint density at radius 2 is 0.929 bits per heavy atom. The highest BCUT2D eigenvalue weighted by Gasteiger charge is 2.25. The van der Waals surface area contributed by atoms with E-state index < -0.39 is 7.92 Å². The standard InChI is InChI=1S/C39H28NOP/c41-39(30-16-4-1-5-17-30)40-35-26-24-28-14-10-12-22-33(28)37(35)38-34-23-13-11-15-29(34)25-27-36(38)42(31-18-6-2-7-19-31)32-20-8-3-9-21-32/h1-27H,(H,40,41). The van der Waals surface area contributed by atoms with E-state index >= 15 is 0 Å². The van der Waals surface area contributed by atoms with Gasteiger partial charge in [-0.15, -0.1) is 0 Å². The smallest absolute Gasteiger partial charge is 0.255 e. The minimum atomic E-state index is -0.908. The monoisotopic (exact) mass is 557 g/mol. The molecule has 0 unspecified atom stereocenters. The molecule has 1 amide bonds. The van der Waals surface area contributed by atoms with E-state index in [1.165, 1.54) is 26.7 Å². The Balaban J connectivity index is 1.56. The van der Waals surface area contributed by atoms with E-state index in [-0.39, 0.29) is 5.91 Å². The second-order valence-corrected chi connectivity index (χ2v) is 12.4. The van der Waals surface area contributed by atoms with Crippen molar-refractivity contribution in [2.24, 2.45) is 0 Å². The van der Waals surface area contributed by atoms with Gasteiger partial charge in [0.2, 0.25) is 0 Å². The van der Waals surface area contributed by atoms with Crippen molar-refractivity contribution in [2.45, 2.75) is 0 Å². The number of amides is 1. The number of anilines is 1. The van der Waals surface area contributed by atoms with Crippen LogP contribution in [0.1, 0.15) is 10.4 Å². The molecular formula is C39H28NOP. The quantitative estimate of drug-likeness (QED) is 0.204. The molecule has 0 spiro atoms. The Morgan fingerprint density at radius 3 is 1.52 bits per heavy atom. The molecule has 0 aliphatic heterocycles. The summed E-state index contributed by atoms with van der Waals surface area (Å²) in [5.41, 5.74) is 3.64. The van der Waals surface area contributed by atoms with Crippen LogP contribution in [0.3, 0.4) is 0 Å². The van der Waals surface area contributed by atoms with Crippen LogP contribution in [0.25, 0.3) is 32.7 Å². The van der Waals surface area contributed by atoms with Crippen molar-refractivity contribution in [3.05, 3.63) is 169 Å². The SMILES string of the molecule is O=C(Nc1ccc2ccccc2c1-c1c(P(c2ccccc2)c2ccccc2)ccc2ccccc12)c1ccccc1. The lowest BCUT2D eigenvalue weighted by Gasteiger charge is -2.26. The van der Waals surface area contributed by atoms with Crippen LogP contribution in [0, 0.1) is 0 Å². The molecule has 200 valence electrons. The van der Waals surface area contributed by atoms with E-state index in [9.17, 15) is 4.79 Å². The summed E-state index contributed by atoms with van der Waals surface area (Å²) in [5.74, 6) is -0.123. The molecule has 7 rings (SSSR count). The third kappa shape index (κ3) is 4.87. The Hall–Kier alpha value is -5.04. The second-order valence-electron chi connectivity index (χ2n) is 10.2. The summed E-state index contributed by atoms with van der Waals surface area (Å²) in [4.78, 5) is 13.6. The topological polar surface area (TPSA) is 29.1 Å². The van der Waals surface area contributed by atoms with Gasteiger partial charge in [0.1, 0.15) is 0 Å². The third-order valence-corrected chi connectivity index (χ3v) is 10.1. The summed E-state index contributed by atoms with van der Waals surface area (Å²) in [5, 5.41) is 11.7. The predicted molar refractivity (Wildman–Crippen MR) is 180 cm³/mol. The van der Waals surface area contributed by atoms with Crippen LogP contribution < -0.4 is 21.2 Å². The summed E-state index contributed by atoms with van der Waals surface area (Å²) in [6.07, 6.45) is 0. The third-order valence-electron chi connectivity index (χ3n) is 7.64. The van der Waals surface area contributed by atoms with Gasteiger partial charge in [-0.05, 0) is 63.6 Å². The van der Waals surface area contributed by atoms with E-state index in [0.29, 0.717) is 5.56 Å². The van der Waals surface area contributed by atoms with Gasteiger partial charge < -0.3 is 5.32 Å². The van der Waals surface area contributed by atoms with Crippen molar-refractivity contribution in [2.75, 3.05) is 5.32 Å². The largest absolute Gasteiger partial charge is 0.321 e. The lowest BCUT2D eigenvalue weighted by atomic mass is 9.92. The summed E-state index contributed by atoms with van der Waals surface area (Å²) in [6.45, 7) is 0. The predicted octanol–water partition coefficient (Wildman–Crippen LogP) is 8.67. The van der Waals surface area contributed by atoms with Gasteiger partial charge in [-0.3, -0.25) is 4.79 Å². The summed E-state index contributed by atoms with van der Waals surface area (Å²) >= 11 is 0. The van der Waals surface area contributed by atoms with Crippen LogP contribution in [0.2, 0.25) is 0 Å². The van der Waals surface area contributed by atoms with Crippen molar-refractivity contribution in [3.63, 3.8) is 0 Å². The highest BCUT2D eigenvalue weighted by Crippen LogP contribution is 2.44. The zero-order valence-corrected chi connectivity index (χ0v) is 23.8. The number of hydrogen-bond donors (Lipinski definition) is 1. The summed E-state index contributed by atoms with van der Waals surface area (Å²) in [6, 6.07) is 56.7. The molecule has 0 aromatic heterocycles. The molecule has 42 heavy (non-hydrogen) atoms. The lowest BCUT2D eigenvalue weighted by molar-refractivity contribution is 0.102. The van der Waals surface area contributed by atoms with E-state index in [2.05, 4.69) is 139 Å². The molecule has 3 heteroatoms. The molecule has 0 radical (unpaired) electrons. The molecule has 0 saturated heterocycles. The van der Waals surface area contributed by atoms with Crippen LogP contribution in [0.5, 0.6) is 0 Å². The Labute approximate surface area is 247 Å². The fourth-order valence-electron chi connectivity index (χ4n) is 5.72. The Kier molecular flexibility index (Phi) is 7.06. The Bertz CT molecular complexity index is 1980. The van der Waals surface area contributed by atoms with Gasteiger partial charge in [0.05, 0.1) is 0 Å². The van der Waals surface area contributed by atoms with E-state index in [4.69, 9.17) is 0 Å². The van der Waals surface area contributed by atoms with Gasteiger partial charge in [-0.2, -0.15) is 0 Å². The first-order valence-electron chi connectivity index (χ1n) is 14.1. The highest BCUT2D eigenvalue weighted by atomic mass is 31.1. The number of carbonyl (C=O) groups is 1. The number of fused-ring (bicyclic) bond motifs is 2. The first-order chi connectivity index (χ1) is 20.8. The van der Waals surface area contributed by atoms with Crippen molar-refractivity contribution in [1.29, 1.82) is 0 Å². The number of benzene rings is 7.